The van der Waals surface area contributed by atoms with Crippen molar-refractivity contribution in [1.29, 1.82) is 0 Å². The Balaban J connectivity index is 1.89. The first kappa shape index (κ1) is 8.37. The summed E-state index contributed by atoms with van der Waals surface area (Å²) in [4.78, 5) is 0. The van der Waals surface area contributed by atoms with Crippen LogP contribution in [0, 0.1) is 5.92 Å². The van der Waals surface area contributed by atoms with Crippen LogP contribution in [0.3, 0.4) is 0 Å². The maximum Gasteiger partial charge on any atom is 0.0529 e. The summed E-state index contributed by atoms with van der Waals surface area (Å²) < 4.78 is 0. The van der Waals surface area contributed by atoms with Crippen LogP contribution in [-0.2, 0) is 0 Å². The molecule has 3 N–H and O–H groups in total. The Bertz CT molecular complexity index is 95.6. The van der Waals surface area contributed by atoms with Gasteiger partial charge in [0.15, 0.2) is 0 Å². The molecule has 1 aliphatic rings. The van der Waals surface area contributed by atoms with Crippen molar-refractivity contribution < 1.29 is 5.11 Å². The highest BCUT2D eigenvalue weighted by molar-refractivity contribution is 7.99. The lowest BCUT2D eigenvalue weighted by Gasteiger charge is -2.07. The molecular formula is C7H15NOS. The van der Waals surface area contributed by atoms with E-state index in [1.165, 1.54) is 18.6 Å². The van der Waals surface area contributed by atoms with Crippen molar-refractivity contribution in [3.8, 4) is 0 Å². The second-order valence-corrected chi connectivity index (χ2v) is 4.10. The van der Waals surface area contributed by atoms with Crippen LogP contribution in [0.4, 0.5) is 0 Å². The van der Waals surface area contributed by atoms with Crippen LogP contribution in [0.5, 0.6) is 0 Å². The van der Waals surface area contributed by atoms with Gasteiger partial charge in [-0.15, -0.1) is 11.8 Å². The van der Waals surface area contributed by atoms with Crippen LogP contribution < -0.4 is 5.73 Å². The normalized spacial score (nSPS) is 21.0. The van der Waals surface area contributed by atoms with Gasteiger partial charge >= 0.3 is 0 Å². The summed E-state index contributed by atoms with van der Waals surface area (Å²) in [7, 11) is 0. The topological polar surface area (TPSA) is 46.2 Å². The van der Waals surface area contributed by atoms with Gasteiger partial charge in [0.1, 0.15) is 0 Å². The van der Waals surface area contributed by atoms with Gasteiger partial charge in [0.25, 0.3) is 0 Å². The monoisotopic (exact) mass is 161 g/mol. The zero-order chi connectivity index (χ0) is 7.40. The average molecular weight is 161 g/mol. The molecule has 0 aromatic carbocycles. The summed E-state index contributed by atoms with van der Waals surface area (Å²) in [5, 5.41) is 8.68. The minimum absolute atomic E-state index is 0.158. The molecule has 0 heterocycles. The summed E-state index contributed by atoms with van der Waals surface area (Å²) in [6.07, 6.45) is 3.51. The van der Waals surface area contributed by atoms with Gasteiger partial charge in [0.05, 0.1) is 5.37 Å². The van der Waals surface area contributed by atoms with Gasteiger partial charge in [0, 0.05) is 6.61 Å². The third kappa shape index (κ3) is 3.44. The average Bonchev–Trinajstić information content (AvgIpc) is 2.67. The van der Waals surface area contributed by atoms with Crippen molar-refractivity contribution in [2.45, 2.75) is 24.6 Å². The highest BCUT2D eigenvalue weighted by Crippen LogP contribution is 2.33. The van der Waals surface area contributed by atoms with E-state index in [1.54, 1.807) is 11.8 Å². The Morgan fingerprint density at radius 1 is 1.60 bits per heavy atom. The predicted molar refractivity (Wildman–Crippen MR) is 44.9 cm³/mol. The van der Waals surface area contributed by atoms with E-state index in [1.807, 2.05) is 0 Å². The molecule has 1 aliphatic carbocycles. The van der Waals surface area contributed by atoms with Gasteiger partial charge in [-0.3, -0.25) is 0 Å². The van der Waals surface area contributed by atoms with E-state index >= 15 is 0 Å². The van der Waals surface area contributed by atoms with Gasteiger partial charge in [0.2, 0.25) is 0 Å². The molecule has 0 radical (unpaired) electrons. The Labute approximate surface area is 66.2 Å². The van der Waals surface area contributed by atoms with Crippen molar-refractivity contribution in [2.75, 3.05) is 12.4 Å². The highest BCUT2D eigenvalue weighted by atomic mass is 32.2. The van der Waals surface area contributed by atoms with E-state index in [4.69, 9.17) is 10.8 Å². The number of hydrogen-bond acceptors (Lipinski definition) is 3. The summed E-state index contributed by atoms with van der Waals surface area (Å²) >= 11 is 1.79. The molecule has 0 saturated heterocycles. The Hall–Kier alpha value is 0.270. The SMILES string of the molecule is NC(CCO)SCC1CC1. The number of aliphatic hydroxyl groups excluding tert-OH is 1. The number of hydrogen-bond donors (Lipinski definition) is 2. The smallest absolute Gasteiger partial charge is 0.0529 e. The van der Waals surface area contributed by atoms with Crippen LogP contribution in [0.25, 0.3) is 0 Å². The van der Waals surface area contributed by atoms with E-state index in [0.717, 1.165) is 12.3 Å². The molecule has 60 valence electrons. The number of aliphatic hydroxyl groups is 1. The van der Waals surface area contributed by atoms with Crippen molar-refractivity contribution in [1.82, 2.24) is 0 Å². The molecule has 1 atom stereocenters. The van der Waals surface area contributed by atoms with E-state index in [0.29, 0.717) is 0 Å². The molecule has 2 nitrogen and oxygen atoms in total. The zero-order valence-electron chi connectivity index (χ0n) is 6.12. The first-order chi connectivity index (χ1) is 4.83. The second kappa shape index (κ2) is 4.21. The summed E-state index contributed by atoms with van der Waals surface area (Å²) in [6.45, 7) is 0.221. The molecule has 0 aromatic rings. The number of thioether (sulfide) groups is 1. The lowest BCUT2D eigenvalue weighted by atomic mass is 10.5. The highest BCUT2D eigenvalue weighted by Gasteiger charge is 2.21. The van der Waals surface area contributed by atoms with Crippen molar-refractivity contribution >= 4 is 11.8 Å². The first-order valence-electron chi connectivity index (χ1n) is 3.81. The van der Waals surface area contributed by atoms with Crippen molar-refractivity contribution in [2.24, 2.45) is 11.7 Å². The van der Waals surface area contributed by atoms with Gasteiger partial charge < -0.3 is 10.8 Å². The molecule has 0 aliphatic heterocycles. The number of rotatable bonds is 5. The van der Waals surface area contributed by atoms with Crippen LogP contribution in [0.1, 0.15) is 19.3 Å². The standard InChI is InChI=1S/C7H15NOS/c8-7(3-4-9)10-5-6-1-2-6/h6-7,9H,1-5,8H2. The summed E-state index contributed by atoms with van der Waals surface area (Å²) in [6, 6.07) is 0. The maximum atomic E-state index is 8.52. The van der Waals surface area contributed by atoms with Gasteiger partial charge in [-0.25, -0.2) is 0 Å². The Morgan fingerprint density at radius 3 is 2.80 bits per heavy atom. The van der Waals surface area contributed by atoms with E-state index < -0.39 is 0 Å². The third-order valence-electron chi connectivity index (χ3n) is 1.66. The number of nitrogens with two attached hydrogens (primary N) is 1. The molecule has 1 fully saturated rings. The predicted octanol–water partition coefficient (Wildman–Crippen LogP) is 0.797. The van der Waals surface area contributed by atoms with E-state index in [-0.39, 0.29) is 12.0 Å². The fourth-order valence-corrected chi connectivity index (χ4v) is 1.88. The molecule has 0 amide bonds. The Morgan fingerprint density at radius 2 is 2.30 bits per heavy atom. The van der Waals surface area contributed by atoms with E-state index in [9.17, 15) is 0 Å². The largest absolute Gasteiger partial charge is 0.396 e. The van der Waals surface area contributed by atoms with Gasteiger partial charge in [-0.2, -0.15) is 0 Å². The minimum atomic E-state index is 0.158. The third-order valence-corrected chi connectivity index (χ3v) is 2.98. The van der Waals surface area contributed by atoms with Crippen molar-refractivity contribution in [3.05, 3.63) is 0 Å². The fraction of sp³-hybridized carbons (Fsp3) is 1.00. The molecule has 10 heavy (non-hydrogen) atoms. The summed E-state index contributed by atoms with van der Waals surface area (Å²) in [5.74, 6) is 2.14. The van der Waals surface area contributed by atoms with Crippen LogP contribution in [0.2, 0.25) is 0 Å². The summed E-state index contributed by atoms with van der Waals surface area (Å²) in [5.41, 5.74) is 5.66. The lowest BCUT2D eigenvalue weighted by molar-refractivity contribution is 0.287. The lowest BCUT2D eigenvalue weighted by Crippen LogP contribution is -2.17. The molecule has 0 aromatic heterocycles. The molecule has 0 spiro atoms. The van der Waals surface area contributed by atoms with Crippen LogP contribution in [-0.4, -0.2) is 22.8 Å². The van der Waals surface area contributed by atoms with Crippen molar-refractivity contribution in [3.63, 3.8) is 0 Å². The fourth-order valence-electron chi connectivity index (χ4n) is 0.755. The molecule has 3 heteroatoms. The van der Waals surface area contributed by atoms with Crippen LogP contribution in [0.15, 0.2) is 0 Å². The molecule has 1 rings (SSSR count). The van der Waals surface area contributed by atoms with Crippen LogP contribution >= 0.6 is 11.8 Å². The quantitative estimate of drug-likeness (QED) is 0.586. The minimum Gasteiger partial charge on any atom is -0.396 e. The van der Waals surface area contributed by atoms with E-state index in [2.05, 4.69) is 0 Å². The maximum absolute atomic E-state index is 8.52. The Kier molecular flexibility index (Phi) is 3.52. The molecule has 1 saturated carbocycles. The zero-order valence-corrected chi connectivity index (χ0v) is 6.94. The van der Waals surface area contributed by atoms with Gasteiger partial charge in [-0.1, -0.05) is 0 Å². The first-order valence-corrected chi connectivity index (χ1v) is 4.86. The molecular weight excluding hydrogens is 146 g/mol. The second-order valence-electron chi connectivity index (χ2n) is 2.83. The molecule has 0 bridgehead atoms. The molecule has 1 unspecified atom stereocenters. The van der Waals surface area contributed by atoms with Gasteiger partial charge in [-0.05, 0) is 30.9 Å².